The van der Waals surface area contributed by atoms with E-state index < -0.39 is 5.41 Å². The molecule has 0 fully saturated rings. The highest BCUT2D eigenvalue weighted by Gasteiger charge is 2.31. The highest BCUT2D eigenvalue weighted by molar-refractivity contribution is 7.98. The summed E-state index contributed by atoms with van der Waals surface area (Å²) < 4.78 is 0. The van der Waals surface area contributed by atoms with Crippen molar-refractivity contribution in [2.45, 2.75) is 26.8 Å². The molecule has 0 aliphatic heterocycles. The van der Waals surface area contributed by atoms with Gasteiger partial charge in [-0.2, -0.15) is 11.8 Å². The van der Waals surface area contributed by atoms with Crippen molar-refractivity contribution in [3.05, 3.63) is 0 Å². The average Bonchev–Trinajstić information content (AvgIpc) is 2.15. The molecule has 0 aliphatic rings. The van der Waals surface area contributed by atoms with E-state index in [9.17, 15) is 4.79 Å². The number of hydrogen-bond acceptors (Lipinski definition) is 2. The van der Waals surface area contributed by atoms with Crippen LogP contribution < -0.4 is 0 Å². The Morgan fingerprint density at radius 1 is 1.57 bits per heavy atom. The van der Waals surface area contributed by atoms with Gasteiger partial charge in [0.25, 0.3) is 0 Å². The van der Waals surface area contributed by atoms with Gasteiger partial charge in [-0.3, -0.25) is 4.79 Å². The topological polar surface area (TPSA) is 20.3 Å². The molecule has 0 aromatic carbocycles. The van der Waals surface area contributed by atoms with Crippen molar-refractivity contribution in [3.8, 4) is 0 Å². The molecule has 0 aromatic rings. The third-order valence-corrected chi connectivity index (χ3v) is 3.79. The molecule has 4 heteroatoms. The Labute approximate surface area is 96.4 Å². The summed E-state index contributed by atoms with van der Waals surface area (Å²) in [5.41, 5.74) is -0.455. The number of thioether (sulfide) groups is 1. The van der Waals surface area contributed by atoms with Gasteiger partial charge in [-0.25, -0.2) is 0 Å². The van der Waals surface area contributed by atoms with Gasteiger partial charge in [0.05, 0.1) is 5.41 Å². The van der Waals surface area contributed by atoms with Gasteiger partial charge in [0.1, 0.15) is 0 Å². The SMILES string of the molecule is CSCC(C)N(C)C(=O)C(C)(C)CCl. The van der Waals surface area contributed by atoms with Gasteiger partial charge in [-0.1, -0.05) is 0 Å². The van der Waals surface area contributed by atoms with Crippen molar-refractivity contribution in [3.63, 3.8) is 0 Å². The average molecular weight is 238 g/mol. The summed E-state index contributed by atoms with van der Waals surface area (Å²) in [6, 6.07) is 0.264. The lowest BCUT2D eigenvalue weighted by atomic mass is 9.94. The van der Waals surface area contributed by atoms with Gasteiger partial charge in [-0.05, 0) is 27.0 Å². The Hall–Kier alpha value is 0.110. The number of nitrogens with zero attached hydrogens (tertiary/aromatic N) is 1. The van der Waals surface area contributed by atoms with E-state index in [1.165, 1.54) is 0 Å². The van der Waals surface area contributed by atoms with Crippen LogP contribution in [0.3, 0.4) is 0 Å². The van der Waals surface area contributed by atoms with Gasteiger partial charge in [-0.15, -0.1) is 11.6 Å². The van der Waals surface area contributed by atoms with Crippen molar-refractivity contribution in [1.82, 2.24) is 4.90 Å². The van der Waals surface area contributed by atoms with E-state index in [1.807, 2.05) is 27.2 Å². The Morgan fingerprint density at radius 2 is 2.07 bits per heavy atom. The number of hydrogen-bond donors (Lipinski definition) is 0. The van der Waals surface area contributed by atoms with E-state index in [4.69, 9.17) is 11.6 Å². The number of alkyl halides is 1. The third kappa shape index (κ3) is 3.70. The molecule has 1 atom stereocenters. The second kappa shape index (κ2) is 5.86. The Morgan fingerprint density at radius 3 is 2.43 bits per heavy atom. The monoisotopic (exact) mass is 237 g/mol. The maximum Gasteiger partial charge on any atom is 0.229 e. The molecule has 0 radical (unpaired) electrons. The molecule has 84 valence electrons. The molecule has 0 aromatic heterocycles. The fraction of sp³-hybridized carbons (Fsp3) is 0.900. The van der Waals surface area contributed by atoms with Gasteiger partial charge in [0.2, 0.25) is 5.91 Å². The molecule has 0 heterocycles. The van der Waals surface area contributed by atoms with E-state index in [1.54, 1.807) is 16.7 Å². The molecule has 0 rings (SSSR count). The first-order valence-electron chi connectivity index (χ1n) is 4.69. The predicted octanol–water partition coefficient (Wildman–Crippen LogP) is 2.46. The summed E-state index contributed by atoms with van der Waals surface area (Å²) >= 11 is 7.51. The first-order valence-corrected chi connectivity index (χ1v) is 6.61. The molecule has 1 amide bonds. The smallest absolute Gasteiger partial charge is 0.229 e. The summed E-state index contributed by atoms with van der Waals surface area (Å²) in [6.07, 6.45) is 2.04. The minimum Gasteiger partial charge on any atom is -0.342 e. The van der Waals surface area contributed by atoms with Crippen molar-refractivity contribution in [2.24, 2.45) is 5.41 Å². The standard InChI is InChI=1S/C10H20ClNOS/c1-8(6-14-5)12(4)9(13)10(2,3)7-11/h8H,6-7H2,1-5H3. The Kier molecular flexibility index (Phi) is 5.91. The molecule has 14 heavy (non-hydrogen) atoms. The maximum absolute atomic E-state index is 11.9. The van der Waals surface area contributed by atoms with Crippen LogP contribution in [0.4, 0.5) is 0 Å². The predicted molar refractivity (Wildman–Crippen MR) is 65.1 cm³/mol. The fourth-order valence-electron chi connectivity index (χ4n) is 1.09. The minimum absolute atomic E-state index is 0.119. The Bertz CT molecular complexity index is 197. The minimum atomic E-state index is -0.455. The summed E-state index contributed by atoms with van der Waals surface area (Å²) in [5.74, 6) is 1.44. The van der Waals surface area contributed by atoms with E-state index in [2.05, 4.69) is 6.92 Å². The van der Waals surface area contributed by atoms with Crippen LogP contribution in [0.2, 0.25) is 0 Å². The molecular formula is C10H20ClNOS. The highest BCUT2D eigenvalue weighted by Crippen LogP contribution is 2.21. The molecule has 0 saturated carbocycles. The van der Waals surface area contributed by atoms with Gasteiger partial charge < -0.3 is 4.90 Å². The van der Waals surface area contributed by atoms with Crippen LogP contribution >= 0.6 is 23.4 Å². The summed E-state index contributed by atoms with van der Waals surface area (Å²) in [5, 5.41) is 0. The lowest BCUT2D eigenvalue weighted by Gasteiger charge is -2.31. The van der Waals surface area contributed by atoms with E-state index in [-0.39, 0.29) is 11.9 Å². The molecule has 0 spiro atoms. The first kappa shape index (κ1) is 14.1. The van der Waals surface area contributed by atoms with Crippen LogP contribution in [0.25, 0.3) is 0 Å². The lowest BCUT2D eigenvalue weighted by Crippen LogP contribution is -2.44. The van der Waals surface area contributed by atoms with Gasteiger partial charge in [0.15, 0.2) is 0 Å². The summed E-state index contributed by atoms with van der Waals surface area (Å²) in [7, 11) is 1.84. The van der Waals surface area contributed by atoms with Gasteiger partial charge >= 0.3 is 0 Å². The van der Waals surface area contributed by atoms with Crippen LogP contribution in [-0.4, -0.2) is 41.8 Å². The molecule has 0 saturated heterocycles. The van der Waals surface area contributed by atoms with Crippen LogP contribution in [-0.2, 0) is 4.79 Å². The van der Waals surface area contributed by atoms with Crippen molar-refractivity contribution < 1.29 is 4.79 Å². The first-order chi connectivity index (χ1) is 6.36. The number of carbonyl (C=O) groups excluding carboxylic acids is 1. The quantitative estimate of drug-likeness (QED) is 0.685. The second-order valence-electron chi connectivity index (χ2n) is 4.24. The zero-order valence-corrected chi connectivity index (χ0v) is 11.2. The summed E-state index contributed by atoms with van der Waals surface area (Å²) in [6.45, 7) is 5.81. The van der Waals surface area contributed by atoms with Crippen molar-refractivity contribution in [1.29, 1.82) is 0 Å². The summed E-state index contributed by atoms with van der Waals surface area (Å²) in [4.78, 5) is 13.7. The van der Waals surface area contributed by atoms with Crippen LogP contribution in [0.15, 0.2) is 0 Å². The second-order valence-corrected chi connectivity index (χ2v) is 5.42. The molecular weight excluding hydrogens is 218 g/mol. The maximum atomic E-state index is 11.9. The van der Waals surface area contributed by atoms with Gasteiger partial charge in [0, 0.05) is 24.7 Å². The van der Waals surface area contributed by atoms with Crippen LogP contribution in [0.5, 0.6) is 0 Å². The van der Waals surface area contributed by atoms with Crippen molar-refractivity contribution in [2.75, 3.05) is 24.9 Å². The number of halogens is 1. The number of carbonyl (C=O) groups is 1. The largest absolute Gasteiger partial charge is 0.342 e. The number of amides is 1. The molecule has 0 N–H and O–H groups in total. The molecule has 2 nitrogen and oxygen atoms in total. The molecule has 1 unspecified atom stereocenters. The number of rotatable bonds is 5. The van der Waals surface area contributed by atoms with E-state index in [0.29, 0.717) is 5.88 Å². The van der Waals surface area contributed by atoms with Crippen LogP contribution in [0, 0.1) is 5.41 Å². The normalized spacial score (nSPS) is 13.9. The zero-order chi connectivity index (χ0) is 11.4. The Balaban J connectivity index is 4.38. The third-order valence-electron chi connectivity index (χ3n) is 2.30. The van der Waals surface area contributed by atoms with E-state index >= 15 is 0 Å². The molecule has 0 bridgehead atoms. The van der Waals surface area contributed by atoms with Crippen molar-refractivity contribution >= 4 is 29.3 Å². The molecule has 0 aliphatic carbocycles. The fourth-order valence-corrected chi connectivity index (χ4v) is 1.91. The highest BCUT2D eigenvalue weighted by atomic mass is 35.5. The van der Waals surface area contributed by atoms with E-state index in [0.717, 1.165) is 5.75 Å². The lowest BCUT2D eigenvalue weighted by molar-refractivity contribution is -0.139. The van der Waals surface area contributed by atoms with Crippen LogP contribution in [0.1, 0.15) is 20.8 Å². The zero-order valence-electron chi connectivity index (χ0n) is 9.63.